The second-order valence-electron chi connectivity index (χ2n) is 16.7. The highest BCUT2D eigenvalue weighted by molar-refractivity contribution is 7.25. The Balaban J connectivity index is 0.800. The number of hydrogen-bond acceptors (Lipinski definition) is 5. The van der Waals surface area contributed by atoms with Gasteiger partial charge >= 0.3 is 0 Å². The van der Waals surface area contributed by atoms with Gasteiger partial charge in [-0.05, 0) is 142 Å². The van der Waals surface area contributed by atoms with Crippen LogP contribution in [0.25, 0.3) is 109 Å². The van der Waals surface area contributed by atoms with E-state index in [0.717, 1.165) is 77.9 Å². The maximum Gasteiger partial charge on any atom is 0.227 e. The minimum absolute atomic E-state index is 0.607. The van der Waals surface area contributed by atoms with E-state index in [1.165, 1.54) is 42.4 Å². The lowest BCUT2D eigenvalue weighted by Gasteiger charge is -2.26. The fourth-order valence-electron chi connectivity index (χ4n) is 9.32. The third kappa shape index (κ3) is 6.73. The van der Waals surface area contributed by atoms with E-state index in [9.17, 15) is 0 Å². The predicted octanol–water partition coefficient (Wildman–Crippen LogP) is 17.9. The molecule has 5 heteroatoms. The van der Waals surface area contributed by atoms with Gasteiger partial charge < -0.3 is 13.7 Å². The number of hydrogen-bond donors (Lipinski definition) is 0. The van der Waals surface area contributed by atoms with E-state index >= 15 is 0 Å². The maximum absolute atomic E-state index is 6.13. The second kappa shape index (κ2) is 15.6. The number of fused-ring (bicyclic) bond motifs is 7. The van der Waals surface area contributed by atoms with Gasteiger partial charge in [-0.15, -0.1) is 11.3 Å². The summed E-state index contributed by atoms with van der Waals surface area (Å²) in [7, 11) is 0. The zero-order chi connectivity index (χ0) is 43.6. The molecule has 0 fully saturated rings. The molecule has 13 aromatic rings. The second-order valence-corrected chi connectivity index (χ2v) is 17.8. The average molecular weight is 863 g/mol. The van der Waals surface area contributed by atoms with Gasteiger partial charge in [-0.25, -0.2) is 4.98 Å². The van der Waals surface area contributed by atoms with Crippen molar-refractivity contribution in [1.29, 1.82) is 0 Å². The SMILES string of the molecule is c1ccc2oc(-c3ccc(N(c4ccc(-c5ccc(-c6ccc7oc8ccccc8c7c6)cc5)cc4)c4ccc(-c5ccc(-c6ccc7sc8ccccc8c7c6)cc5)cc4)cc3)nc2c1. The molecule has 0 N–H and O–H groups in total. The highest BCUT2D eigenvalue weighted by Gasteiger charge is 2.16. The summed E-state index contributed by atoms with van der Waals surface area (Å²) < 4.78 is 14.9. The average Bonchev–Trinajstić information content (AvgIpc) is 4.11. The van der Waals surface area contributed by atoms with Gasteiger partial charge in [-0.2, -0.15) is 0 Å². The highest BCUT2D eigenvalue weighted by Crippen LogP contribution is 2.40. The molecule has 0 aliphatic rings. The third-order valence-electron chi connectivity index (χ3n) is 12.8. The molecular weight excluding hydrogens is 825 g/mol. The predicted molar refractivity (Wildman–Crippen MR) is 276 cm³/mol. The lowest BCUT2D eigenvalue weighted by Crippen LogP contribution is -2.09. The number of anilines is 3. The molecule has 0 aliphatic carbocycles. The molecule has 0 saturated heterocycles. The highest BCUT2D eigenvalue weighted by atomic mass is 32.1. The summed E-state index contributed by atoms with van der Waals surface area (Å²) in [6.45, 7) is 0. The van der Waals surface area contributed by atoms with Crippen molar-refractivity contribution >= 4 is 81.6 Å². The van der Waals surface area contributed by atoms with E-state index in [4.69, 9.17) is 13.8 Å². The summed E-state index contributed by atoms with van der Waals surface area (Å²) in [4.78, 5) is 7.05. The first kappa shape index (κ1) is 38.0. The molecule has 4 nitrogen and oxygen atoms in total. The van der Waals surface area contributed by atoms with Gasteiger partial charge in [0.1, 0.15) is 16.7 Å². The Morgan fingerprint density at radius 3 is 1.33 bits per heavy atom. The summed E-state index contributed by atoms with van der Waals surface area (Å²) in [6, 6.07) is 82.0. The van der Waals surface area contributed by atoms with Crippen molar-refractivity contribution in [1.82, 2.24) is 4.98 Å². The van der Waals surface area contributed by atoms with E-state index < -0.39 is 0 Å². The number of nitrogens with zero attached hydrogens (tertiary/aromatic N) is 2. The Bertz CT molecular complexity index is 3670. The Hall–Kier alpha value is -8.51. The Morgan fingerprint density at radius 2 is 0.727 bits per heavy atom. The number of thiophene rings is 1. The van der Waals surface area contributed by atoms with E-state index in [-0.39, 0.29) is 0 Å². The van der Waals surface area contributed by atoms with Crippen molar-refractivity contribution in [3.05, 3.63) is 231 Å². The van der Waals surface area contributed by atoms with Crippen molar-refractivity contribution in [2.24, 2.45) is 0 Å². The molecule has 0 atom stereocenters. The number of aromatic nitrogens is 1. The molecule has 13 rings (SSSR count). The van der Waals surface area contributed by atoms with Gasteiger partial charge in [0.05, 0.1) is 0 Å². The molecule has 10 aromatic carbocycles. The van der Waals surface area contributed by atoms with Crippen molar-refractivity contribution in [2.45, 2.75) is 0 Å². The summed E-state index contributed by atoms with van der Waals surface area (Å²) in [6.07, 6.45) is 0. The summed E-state index contributed by atoms with van der Waals surface area (Å²) in [5, 5.41) is 4.91. The molecule has 0 radical (unpaired) electrons. The molecule has 0 saturated carbocycles. The molecule has 0 amide bonds. The van der Waals surface area contributed by atoms with Crippen molar-refractivity contribution in [3.8, 4) is 56.0 Å². The number of para-hydroxylation sites is 3. The van der Waals surface area contributed by atoms with Crippen LogP contribution in [0.4, 0.5) is 17.1 Å². The smallest absolute Gasteiger partial charge is 0.227 e. The lowest BCUT2D eigenvalue weighted by molar-refractivity contribution is 0.620. The van der Waals surface area contributed by atoms with Crippen LogP contribution in [0.1, 0.15) is 0 Å². The normalized spacial score (nSPS) is 11.6. The maximum atomic E-state index is 6.13. The number of benzene rings is 10. The molecular formula is C61H38N2O2S. The first-order valence-corrected chi connectivity index (χ1v) is 23.0. The Labute approximate surface area is 384 Å². The quantitative estimate of drug-likeness (QED) is 0.153. The number of oxazole rings is 1. The lowest BCUT2D eigenvalue weighted by atomic mass is 9.98. The largest absolute Gasteiger partial charge is 0.456 e. The van der Waals surface area contributed by atoms with Crippen LogP contribution in [-0.4, -0.2) is 4.98 Å². The van der Waals surface area contributed by atoms with Crippen LogP contribution in [0, 0.1) is 0 Å². The van der Waals surface area contributed by atoms with Crippen LogP contribution in [0.3, 0.4) is 0 Å². The van der Waals surface area contributed by atoms with Crippen molar-refractivity contribution < 1.29 is 8.83 Å². The van der Waals surface area contributed by atoms with Gasteiger partial charge in [0.25, 0.3) is 0 Å². The van der Waals surface area contributed by atoms with Gasteiger partial charge in [0.2, 0.25) is 5.89 Å². The van der Waals surface area contributed by atoms with Crippen LogP contribution in [0.2, 0.25) is 0 Å². The molecule has 3 heterocycles. The van der Waals surface area contributed by atoms with Gasteiger partial charge in [0, 0.05) is 53.6 Å². The minimum atomic E-state index is 0.607. The van der Waals surface area contributed by atoms with Crippen LogP contribution >= 0.6 is 11.3 Å². The van der Waals surface area contributed by atoms with Crippen LogP contribution in [0.15, 0.2) is 239 Å². The summed E-state index contributed by atoms with van der Waals surface area (Å²) >= 11 is 1.85. The molecule has 0 unspecified atom stereocenters. The Kier molecular flexibility index (Phi) is 9.00. The van der Waals surface area contributed by atoms with Crippen LogP contribution < -0.4 is 4.90 Å². The monoisotopic (exact) mass is 862 g/mol. The van der Waals surface area contributed by atoms with E-state index in [1.807, 2.05) is 47.7 Å². The van der Waals surface area contributed by atoms with E-state index in [2.05, 4.69) is 199 Å². The van der Waals surface area contributed by atoms with Crippen molar-refractivity contribution in [2.75, 3.05) is 4.90 Å². The zero-order valence-corrected chi connectivity index (χ0v) is 36.4. The van der Waals surface area contributed by atoms with Crippen LogP contribution in [-0.2, 0) is 0 Å². The van der Waals surface area contributed by atoms with Gasteiger partial charge in [-0.1, -0.05) is 133 Å². The summed E-state index contributed by atoms with van der Waals surface area (Å²) in [5.41, 5.74) is 16.9. The fraction of sp³-hybridized carbons (Fsp3) is 0. The van der Waals surface area contributed by atoms with E-state index in [0.29, 0.717) is 5.89 Å². The first-order chi connectivity index (χ1) is 32.6. The Morgan fingerprint density at radius 1 is 0.303 bits per heavy atom. The summed E-state index contributed by atoms with van der Waals surface area (Å²) in [5.74, 6) is 0.607. The van der Waals surface area contributed by atoms with Crippen LogP contribution in [0.5, 0.6) is 0 Å². The van der Waals surface area contributed by atoms with E-state index in [1.54, 1.807) is 0 Å². The molecule has 0 bridgehead atoms. The standard InChI is InChI=1S/C61H38N2O2S/c1-4-10-56-51(7-1)53-37-46(27-35-57(53)64-56)43-17-13-39(14-18-43)41-21-29-48(30-22-41)63(50-33-25-45(26-34-50)61-62-55-9-3-5-11-58(55)65-61)49-31-23-42(24-32-49)40-15-19-44(20-16-40)47-28-36-60-54(38-47)52-8-2-6-12-59(52)66-60/h1-38H. The molecule has 3 aromatic heterocycles. The molecule has 310 valence electrons. The zero-order valence-electron chi connectivity index (χ0n) is 35.6. The molecule has 66 heavy (non-hydrogen) atoms. The van der Waals surface area contributed by atoms with Gasteiger partial charge in [-0.3, -0.25) is 0 Å². The first-order valence-electron chi connectivity index (χ1n) is 22.2. The topological polar surface area (TPSA) is 42.4 Å². The van der Waals surface area contributed by atoms with Crippen molar-refractivity contribution in [3.63, 3.8) is 0 Å². The number of rotatable bonds is 8. The molecule has 0 aliphatic heterocycles. The molecule has 0 spiro atoms. The fourth-order valence-corrected chi connectivity index (χ4v) is 10.4. The number of furan rings is 1. The third-order valence-corrected chi connectivity index (χ3v) is 13.9. The minimum Gasteiger partial charge on any atom is -0.456 e. The van der Waals surface area contributed by atoms with Gasteiger partial charge in [0.15, 0.2) is 5.58 Å².